The van der Waals surface area contributed by atoms with Crippen LogP contribution in [0, 0.1) is 0 Å². The van der Waals surface area contributed by atoms with Crippen molar-refractivity contribution in [1.82, 2.24) is 5.43 Å². The van der Waals surface area contributed by atoms with E-state index in [0.717, 1.165) is 22.3 Å². The van der Waals surface area contributed by atoms with Crippen LogP contribution in [0.25, 0.3) is 10.8 Å². The molecule has 0 aromatic heterocycles. The number of ether oxygens (including phenoxy) is 1. The van der Waals surface area contributed by atoms with E-state index in [2.05, 4.69) is 30.4 Å². The predicted molar refractivity (Wildman–Crippen MR) is 106 cm³/mol. The highest BCUT2D eigenvalue weighted by atomic mass is 16.5. The van der Waals surface area contributed by atoms with Crippen molar-refractivity contribution in [3.8, 4) is 5.75 Å². The Morgan fingerprint density at radius 1 is 1.04 bits per heavy atom. The van der Waals surface area contributed by atoms with Crippen molar-refractivity contribution in [3.05, 3.63) is 77.9 Å². The minimum Gasteiger partial charge on any atom is -0.483 e. The van der Waals surface area contributed by atoms with E-state index in [-0.39, 0.29) is 12.5 Å². The van der Waals surface area contributed by atoms with Crippen molar-refractivity contribution >= 4 is 22.9 Å². The van der Waals surface area contributed by atoms with Crippen LogP contribution < -0.4 is 10.2 Å². The molecule has 1 N–H and O–H groups in total. The highest BCUT2D eigenvalue weighted by molar-refractivity contribution is 5.90. The maximum Gasteiger partial charge on any atom is 0.277 e. The monoisotopic (exact) mass is 346 g/mol. The molecule has 4 nitrogen and oxygen atoms in total. The Kier molecular flexibility index (Phi) is 5.64. The summed E-state index contributed by atoms with van der Waals surface area (Å²) in [5.41, 5.74) is 4.51. The van der Waals surface area contributed by atoms with Crippen molar-refractivity contribution in [2.45, 2.75) is 19.8 Å². The lowest BCUT2D eigenvalue weighted by atomic mass is 10.0. The molecule has 3 aromatic carbocycles. The maximum atomic E-state index is 12.0. The van der Waals surface area contributed by atoms with Gasteiger partial charge in [0, 0.05) is 0 Å². The molecule has 0 heterocycles. The number of rotatable bonds is 6. The van der Waals surface area contributed by atoms with Gasteiger partial charge in [0.05, 0.1) is 6.21 Å². The van der Waals surface area contributed by atoms with E-state index in [9.17, 15) is 4.79 Å². The Labute approximate surface area is 153 Å². The van der Waals surface area contributed by atoms with Crippen LogP contribution in [0.5, 0.6) is 5.75 Å². The van der Waals surface area contributed by atoms with Gasteiger partial charge in [-0.25, -0.2) is 5.43 Å². The summed E-state index contributed by atoms with van der Waals surface area (Å²) in [6.45, 7) is 4.12. The molecule has 1 amide bonds. The molecule has 4 heteroatoms. The maximum absolute atomic E-state index is 12.0. The number of carbonyl (C=O) groups is 1. The van der Waals surface area contributed by atoms with Gasteiger partial charge in [0.2, 0.25) is 0 Å². The van der Waals surface area contributed by atoms with E-state index in [4.69, 9.17) is 4.74 Å². The quantitative estimate of drug-likeness (QED) is 0.528. The number of carbonyl (C=O) groups excluding carboxylic acids is 1. The summed E-state index contributed by atoms with van der Waals surface area (Å²) in [4.78, 5) is 12.0. The van der Waals surface area contributed by atoms with Crippen molar-refractivity contribution in [1.29, 1.82) is 0 Å². The van der Waals surface area contributed by atoms with Gasteiger partial charge in [-0.3, -0.25) is 4.79 Å². The summed E-state index contributed by atoms with van der Waals surface area (Å²) in [6.07, 6.45) is 1.63. The first kappa shape index (κ1) is 17.7. The summed E-state index contributed by atoms with van der Waals surface area (Å²) in [7, 11) is 0. The van der Waals surface area contributed by atoms with Gasteiger partial charge in [0.15, 0.2) is 6.61 Å². The molecule has 3 rings (SSSR count). The molecule has 0 fully saturated rings. The first-order chi connectivity index (χ1) is 12.6. The fourth-order valence-electron chi connectivity index (χ4n) is 2.73. The number of nitrogens with zero attached hydrogens (tertiary/aromatic N) is 1. The SMILES string of the molecule is CC(C)c1ccccc1OCC(=O)NN=Cc1ccc2ccccc2c1. The third-order valence-electron chi connectivity index (χ3n) is 4.08. The second-order valence-electron chi connectivity index (χ2n) is 6.38. The summed E-state index contributed by atoms with van der Waals surface area (Å²) in [6, 6.07) is 21.9. The van der Waals surface area contributed by atoms with Crippen LogP contribution in [0.1, 0.15) is 30.9 Å². The number of nitrogens with one attached hydrogen (secondary N) is 1. The summed E-state index contributed by atoms with van der Waals surface area (Å²) in [5.74, 6) is 0.775. The molecule has 0 aliphatic heterocycles. The van der Waals surface area contributed by atoms with Crippen LogP contribution in [0.2, 0.25) is 0 Å². The summed E-state index contributed by atoms with van der Waals surface area (Å²) < 4.78 is 5.63. The van der Waals surface area contributed by atoms with E-state index in [1.54, 1.807) is 6.21 Å². The Hall–Kier alpha value is -3.14. The van der Waals surface area contributed by atoms with E-state index in [0.29, 0.717) is 5.92 Å². The lowest BCUT2D eigenvalue weighted by Gasteiger charge is -2.12. The first-order valence-corrected chi connectivity index (χ1v) is 8.66. The zero-order valence-corrected chi connectivity index (χ0v) is 15.0. The van der Waals surface area contributed by atoms with Crippen LogP contribution in [0.4, 0.5) is 0 Å². The number of para-hydroxylation sites is 1. The van der Waals surface area contributed by atoms with E-state index < -0.39 is 0 Å². The fraction of sp³-hybridized carbons (Fsp3) is 0.182. The molecule has 0 bridgehead atoms. The van der Waals surface area contributed by atoms with Crippen molar-refractivity contribution in [2.75, 3.05) is 6.61 Å². The minimum absolute atomic E-state index is 0.0706. The van der Waals surface area contributed by atoms with Crippen molar-refractivity contribution in [3.63, 3.8) is 0 Å². The molecular weight excluding hydrogens is 324 g/mol. The van der Waals surface area contributed by atoms with Gasteiger partial charge in [-0.15, -0.1) is 0 Å². The summed E-state index contributed by atoms with van der Waals surface area (Å²) >= 11 is 0. The first-order valence-electron chi connectivity index (χ1n) is 8.66. The predicted octanol–water partition coefficient (Wildman–Crippen LogP) is 4.49. The number of amides is 1. The molecule has 0 unspecified atom stereocenters. The molecule has 132 valence electrons. The lowest BCUT2D eigenvalue weighted by Crippen LogP contribution is -2.24. The number of hydrazone groups is 1. The Morgan fingerprint density at radius 3 is 2.58 bits per heavy atom. The van der Waals surface area contributed by atoms with Gasteiger partial charge < -0.3 is 4.74 Å². The molecule has 0 saturated carbocycles. The normalized spacial score (nSPS) is 11.2. The molecule has 0 saturated heterocycles. The zero-order valence-electron chi connectivity index (χ0n) is 15.0. The molecule has 0 atom stereocenters. The Balaban J connectivity index is 1.56. The molecule has 26 heavy (non-hydrogen) atoms. The van der Waals surface area contributed by atoms with Crippen LogP contribution >= 0.6 is 0 Å². The van der Waals surface area contributed by atoms with Gasteiger partial charge in [0.1, 0.15) is 5.75 Å². The molecular formula is C22H22N2O2. The second kappa shape index (κ2) is 8.30. The smallest absolute Gasteiger partial charge is 0.277 e. The number of benzene rings is 3. The van der Waals surface area contributed by atoms with Crippen molar-refractivity contribution < 1.29 is 9.53 Å². The highest BCUT2D eigenvalue weighted by Gasteiger charge is 2.08. The second-order valence-corrected chi connectivity index (χ2v) is 6.38. The van der Waals surface area contributed by atoms with Gasteiger partial charge in [-0.05, 0) is 39.9 Å². The standard InChI is InChI=1S/C22H22N2O2/c1-16(2)20-9-5-6-10-21(20)26-15-22(25)24-23-14-17-11-12-18-7-3-4-8-19(18)13-17/h3-14,16H,15H2,1-2H3,(H,24,25). The van der Waals surface area contributed by atoms with Gasteiger partial charge in [-0.1, -0.05) is 68.4 Å². The minimum atomic E-state index is -0.291. The number of hydrogen-bond donors (Lipinski definition) is 1. The Morgan fingerprint density at radius 2 is 1.77 bits per heavy atom. The molecule has 0 aliphatic carbocycles. The van der Waals surface area contributed by atoms with Gasteiger partial charge in [0.25, 0.3) is 5.91 Å². The lowest BCUT2D eigenvalue weighted by molar-refractivity contribution is -0.123. The van der Waals surface area contributed by atoms with Gasteiger partial charge >= 0.3 is 0 Å². The molecule has 0 aliphatic rings. The van der Waals surface area contributed by atoms with Crippen LogP contribution in [-0.2, 0) is 4.79 Å². The van der Waals surface area contributed by atoms with Crippen molar-refractivity contribution in [2.24, 2.45) is 5.10 Å². The van der Waals surface area contributed by atoms with E-state index in [1.807, 2.05) is 60.7 Å². The molecule has 0 spiro atoms. The van der Waals surface area contributed by atoms with E-state index in [1.165, 1.54) is 5.39 Å². The average molecular weight is 346 g/mol. The largest absolute Gasteiger partial charge is 0.483 e. The van der Waals surface area contributed by atoms with Crippen LogP contribution in [-0.4, -0.2) is 18.7 Å². The number of hydrogen-bond acceptors (Lipinski definition) is 3. The highest BCUT2D eigenvalue weighted by Crippen LogP contribution is 2.25. The topological polar surface area (TPSA) is 50.7 Å². The Bertz CT molecular complexity index is 932. The third kappa shape index (κ3) is 4.48. The van der Waals surface area contributed by atoms with Crippen LogP contribution in [0.3, 0.4) is 0 Å². The molecule has 0 radical (unpaired) electrons. The fourth-order valence-corrected chi connectivity index (χ4v) is 2.73. The third-order valence-corrected chi connectivity index (χ3v) is 4.08. The summed E-state index contributed by atoms with van der Waals surface area (Å²) in [5, 5.41) is 6.32. The van der Waals surface area contributed by atoms with Crippen LogP contribution in [0.15, 0.2) is 71.8 Å². The average Bonchev–Trinajstić information content (AvgIpc) is 2.66. The molecule has 3 aromatic rings. The van der Waals surface area contributed by atoms with Gasteiger partial charge in [-0.2, -0.15) is 5.10 Å². The number of fused-ring (bicyclic) bond motifs is 1. The van der Waals surface area contributed by atoms with E-state index >= 15 is 0 Å². The zero-order chi connectivity index (χ0) is 18.4.